The highest BCUT2D eigenvalue weighted by Crippen LogP contribution is 2.34. The van der Waals surface area contributed by atoms with Gasteiger partial charge in [-0.1, -0.05) is 123 Å². The van der Waals surface area contributed by atoms with Gasteiger partial charge in [0.05, 0.1) is 0 Å². The van der Waals surface area contributed by atoms with E-state index in [1.807, 2.05) is 6.08 Å². The Morgan fingerprint density at radius 2 is 1.55 bits per heavy atom. The van der Waals surface area contributed by atoms with Gasteiger partial charge in [0, 0.05) is 0 Å². The smallest absolute Gasteiger partial charge is 0.00728 e. The molecule has 0 heterocycles. The summed E-state index contributed by atoms with van der Waals surface area (Å²) in [5.74, 6) is 0. The van der Waals surface area contributed by atoms with Gasteiger partial charge < -0.3 is 0 Å². The van der Waals surface area contributed by atoms with Crippen molar-refractivity contribution in [2.75, 3.05) is 0 Å². The third-order valence-corrected chi connectivity index (χ3v) is 5.77. The second-order valence-electron chi connectivity index (χ2n) is 8.55. The third-order valence-electron chi connectivity index (χ3n) is 5.77. The van der Waals surface area contributed by atoms with Crippen molar-refractivity contribution in [2.24, 2.45) is 0 Å². The maximum atomic E-state index is 4.02. The number of hydrogen-bond donors (Lipinski definition) is 0. The number of rotatable bonds is 6. The summed E-state index contributed by atoms with van der Waals surface area (Å²) in [6, 6.07) is 30.9. The summed E-state index contributed by atoms with van der Waals surface area (Å²) in [4.78, 5) is 0. The van der Waals surface area contributed by atoms with E-state index in [4.69, 9.17) is 0 Å². The van der Waals surface area contributed by atoms with Crippen LogP contribution in [0.4, 0.5) is 0 Å². The van der Waals surface area contributed by atoms with Crippen LogP contribution < -0.4 is 0 Å². The molecule has 168 valence electrons. The quantitative estimate of drug-likeness (QED) is 0.266. The Kier molecular flexibility index (Phi) is 8.84. The molecule has 0 amide bonds. The van der Waals surface area contributed by atoms with Crippen LogP contribution in [0, 0.1) is 6.92 Å². The molecule has 0 N–H and O–H groups in total. The molecule has 4 aromatic carbocycles. The first-order valence-electron chi connectivity index (χ1n) is 12.1. The van der Waals surface area contributed by atoms with Crippen molar-refractivity contribution < 1.29 is 0 Å². The summed E-state index contributed by atoms with van der Waals surface area (Å²) >= 11 is 0. The van der Waals surface area contributed by atoms with E-state index in [1.165, 1.54) is 56.1 Å². The minimum Gasteiger partial charge on any atom is -0.0985 e. The maximum Gasteiger partial charge on any atom is -0.00728 e. The Labute approximate surface area is 200 Å². The second kappa shape index (κ2) is 12.0. The molecule has 0 saturated heterocycles. The summed E-state index contributed by atoms with van der Waals surface area (Å²) in [6.45, 7) is 12.5. The predicted octanol–water partition coefficient (Wildman–Crippen LogP) is 9.61. The van der Waals surface area contributed by atoms with Crippen LogP contribution in [-0.4, -0.2) is 0 Å². The second-order valence-corrected chi connectivity index (χ2v) is 8.55. The fourth-order valence-corrected chi connectivity index (χ4v) is 4.29. The highest BCUT2D eigenvalue weighted by molar-refractivity contribution is 6.01. The molecule has 0 aromatic heterocycles. The SMILES string of the molecule is C=C/C(=C\C)c1cc(CCc2cccc(C)c2)c2c(-c3ccccc3)cccc2c1.CCC. The molecule has 0 aliphatic heterocycles. The van der Waals surface area contributed by atoms with Gasteiger partial charge in [-0.3, -0.25) is 0 Å². The topological polar surface area (TPSA) is 0 Å². The Morgan fingerprint density at radius 1 is 0.818 bits per heavy atom. The van der Waals surface area contributed by atoms with Crippen molar-refractivity contribution in [2.45, 2.75) is 47.0 Å². The molecule has 0 radical (unpaired) electrons. The minimum atomic E-state index is 1.01. The van der Waals surface area contributed by atoms with Gasteiger partial charge in [-0.05, 0) is 76.9 Å². The van der Waals surface area contributed by atoms with Crippen molar-refractivity contribution in [1.29, 1.82) is 0 Å². The van der Waals surface area contributed by atoms with Gasteiger partial charge in [0.1, 0.15) is 0 Å². The highest BCUT2D eigenvalue weighted by Gasteiger charge is 2.12. The maximum absolute atomic E-state index is 4.02. The average Bonchev–Trinajstić information content (AvgIpc) is 2.84. The molecule has 0 nitrogen and oxygen atoms in total. The van der Waals surface area contributed by atoms with E-state index in [0.29, 0.717) is 0 Å². The van der Waals surface area contributed by atoms with E-state index in [-0.39, 0.29) is 0 Å². The Bertz CT molecular complexity index is 1230. The number of aryl methyl sites for hydroxylation is 3. The van der Waals surface area contributed by atoms with Gasteiger partial charge in [0.2, 0.25) is 0 Å². The van der Waals surface area contributed by atoms with Crippen LogP contribution in [0.25, 0.3) is 27.5 Å². The Hall–Kier alpha value is -3.38. The van der Waals surface area contributed by atoms with Crippen LogP contribution in [0.1, 0.15) is 49.4 Å². The number of fused-ring (bicyclic) bond motifs is 1. The minimum absolute atomic E-state index is 1.01. The Morgan fingerprint density at radius 3 is 2.21 bits per heavy atom. The van der Waals surface area contributed by atoms with Gasteiger partial charge in [0.25, 0.3) is 0 Å². The molecule has 0 saturated carbocycles. The van der Waals surface area contributed by atoms with Gasteiger partial charge in [-0.15, -0.1) is 0 Å². The standard InChI is InChI=1S/C30H28.C3H8/c1-4-24(5-2)28-20-26-15-10-16-29(25-13-7-6-8-14-25)30(26)27(21-28)18-17-23-12-9-11-22(3)19-23;1-3-2/h4-16,19-21H,1,17-18H2,2-3H3;3H2,1-2H3/b24-5+;. The fourth-order valence-electron chi connectivity index (χ4n) is 4.29. The summed E-state index contributed by atoms with van der Waals surface area (Å²) in [5.41, 5.74) is 9.09. The largest absolute Gasteiger partial charge is 0.0985 e. The molecule has 4 aromatic rings. The molecular formula is C33H36. The zero-order chi connectivity index (χ0) is 23.6. The summed E-state index contributed by atoms with van der Waals surface area (Å²) < 4.78 is 0. The first-order valence-corrected chi connectivity index (χ1v) is 12.1. The molecule has 33 heavy (non-hydrogen) atoms. The lowest BCUT2D eigenvalue weighted by molar-refractivity contribution is 0.966. The van der Waals surface area contributed by atoms with Crippen LogP contribution >= 0.6 is 0 Å². The Balaban J connectivity index is 0.000000968. The van der Waals surface area contributed by atoms with Gasteiger partial charge >= 0.3 is 0 Å². The van der Waals surface area contributed by atoms with E-state index >= 15 is 0 Å². The normalized spacial score (nSPS) is 11.1. The van der Waals surface area contributed by atoms with Crippen molar-refractivity contribution in [3.8, 4) is 11.1 Å². The molecular weight excluding hydrogens is 396 g/mol. The molecule has 0 atom stereocenters. The third kappa shape index (κ3) is 6.11. The molecule has 0 unspecified atom stereocenters. The van der Waals surface area contributed by atoms with E-state index in [0.717, 1.165) is 12.8 Å². The van der Waals surface area contributed by atoms with Crippen molar-refractivity contribution >= 4 is 16.3 Å². The zero-order valence-corrected chi connectivity index (χ0v) is 20.6. The highest BCUT2D eigenvalue weighted by atomic mass is 14.2. The monoisotopic (exact) mass is 432 g/mol. The van der Waals surface area contributed by atoms with Crippen molar-refractivity contribution in [1.82, 2.24) is 0 Å². The lowest BCUT2D eigenvalue weighted by Gasteiger charge is -2.15. The molecule has 4 rings (SSSR count). The first-order chi connectivity index (χ1) is 16.1. The summed E-state index contributed by atoms with van der Waals surface area (Å²) in [5, 5.41) is 2.65. The molecule has 0 fully saturated rings. The lowest BCUT2D eigenvalue weighted by atomic mass is 9.89. The van der Waals surface area contributed by atoms with E-state index < -0.39 is 0 Å². The molecule has 0 aliphatic rings. The van der Waals surface area contributed by atoms with Gasteiger partial charge in [-0.2, -0.15) is 0 Å². The van der Waals surface area contributed by atoms with Gasteiger partial charge in [-0.25, -0.2) is 0 Å². The van der Waals surface area contributed by atoms with Crippen molar-refractivity contribution in [3.63, 3.8) is 0 Å². The summed E-state index contributed by atoms with van der Waals surface area (Å²) in [7, 11) is 0. The zero-order valence-electron chi connectivity index (χ0n) is 20.6. The number of allylic oxidation sites excluding steroid dienone is 3. The average molecular weight is 433 g/mol. The molecule has 0 spiro atoms. The predicted molar refractivity (Wildman–Crippen MR) is 148 cm³/mol. The first kappa shape index (κ1) is 24.3. The van der Waals surface area contributed by atoms with Gasteiger partial charge in [0.15, 0.2) is 0 Å². The summed E-state index contributed by atoms with van der Waals surface area (Å²) in [6.07, 6.45) is 7.38. The van der Waals surface area contributed by atoms with Crippen LogP contribution in [0.5, 0.6) is 0 Å². The van der Waals surface area contributed by atoms with Crippen molar-refractivity contribution in [3.05, 3.63) is 126 Å². The number of benzene rings is 4. The molecule has 0 aliphatic carbocycles. The lowest BCUT2D eigenvalue weighted by Crippen LogP contribution is -1.97. The van der Waals surface area contributed by atoms with Crippen LogP contribution in [0.3, 0.4) is 0 Å². The van der Waals surface area contributed by atoms with Crippen LogP contribution in [0.15, 0.2) is 104 Å². The molecule has 0 bridgehead atoms. The number of hydrogen-bond acceptors (Lipinski definition) is 0. The fraction of sp³-hybridized carbons (Fsp3) is 0.212. The van der Waals surface area contributed by atoms with E-state index in [9.17, 15) is 0 Å². The van der Waals surface area contributed by atoms with Crippen LogP contribution in [0.2, 0.25) is 0 Å². The van der Waals surface area contributed by atoms with E-state index in [2.05, 4.69) is 125 Å². The van der Waals surface area contributed by atoms with Crippen LogP contribution in [-0.2, 0) is 12.8 Å². The van der Waals surface area contributed by atoms with E-state index in [1.54, 1.807) is 0 Å². The molecule has 0 heteroatoms.